The van der Waals surface area contributed by atoms with Gasteiger partial charge in [-0.3, -0.25) is 0 Å². The molecule has 0 aliphatic heterocycles. The van der Waals surface area contributed by atoms with Gasteiger partial charge in [-0.05, 0) is 34.1 Å². The monoisotopic (exact) mass is 236 g/mol. The van der Waals surface area contributed by atoms with Gasteiger partial charge in [-0.25, -0.2) is 0 Å². The SMILES string of the molecule is C[C@H]1c2ccccc2-c2ccccc2[C@@H]1CC=O. The zero-order valence-electron chi connectivity index (χ0n) is 10.5. The number of hydrogen-bond donors (Lipinski definition) is 0. The molecule has 1 nitrogen and oxygen atoms in total. The van der Waals surface area contributed by atoms with Gasteiger partial charge < -0.3 is 4.79 Å². The normalized spacial score (nSPS) is 20.9. The van der Waals surface area contributed by atoms with Crippen LogP contribution in [0, 0.1) is 0 Å². The predicted molar refractivity (Wildman–Crippen MR) is 73.7 cm³/mol. The van der Waals surface area contributed by atoms with Gasteiger partial charge in [0.15, 0.2) is 0 Å². The maximum atomic E-state index is 10.9. The Bertz CT molecular complexity index is 586. The van der Waals surface area contributed by atoms with E-state index >= 15 is 0 Å². The maximum Gasteiger partial charge on any atom is 0.120 e. The summed E-state index contributed by atoms with van der Waals surface area (Å²) < 4.78 is 0. The molecule has 1 aliphatic rings. The minimum atomic E-state index is 0.314. The van der Waals surface area contributed by atoms with Crippen molar-refractivity contribution in [3.8, 4) is 11.1 Å². The van der Waals surface area contributed by atoms with E-state index in [0.29, 0.717) is 18.3 Å². The van der Waals surface area contributed by atoms with Crippen LogP contribution in [0.2, 0.25) is 0 Å². The molecule has 0 radical (unpaired) electrons. The van der Waals surface area contributed by atoms with Crippen LogP contribution in [0.25, 0.3) is 11.1 Å². The average molecular weight is 236 g/mol. The number of rotatable bonds is 2. The van der Waals surface area contributed by atoms with E-state index in [-0.39, 0.29) is 0 Å². The lowest BCUT2D eigenvalue weighted by molar-refractivity contribution is -0.108. The van der Waals surface area contributed by atoms with Crippen LogP contribution in [-0.2, 0) is 4.79 Å². The molecule has 3 rings (SSSR count). The van der Waals surface area contributed by atoms with Crippen molar-refractivity contribution in [3.05, 3.63) is 59.7 Å². The highest BCUT2D eigenvalue weighted by Crippen LogP contribution is 2.47. The summed E-state index contributed by atoms with van der Waals surface area (Å²) in [7, 11) is 0. The molecule has 0 spiro atoms. The average Bonchev–Trinajstić information content (AvgIpc) is 2.43. The Kier molecular flexibility index (Phi) is 2.75. The molecule has 0 amide bonds. The van der Waals surface area contributed by atoms with Crippen LogP contribution in [0.1, 0.15) is 36.3 Å². The summed E-state index contributed by atoms with van der Waals surface area (Å²) in [5, 5.41) is 0. The van der Waals surface area contributed by atoms with E-state index in [1.54, 1.807) is 0 Å². The summed E-state index contributed by atoms with van der Waals surface area (Å²) in [5.74, 6) is 0.717. The molecule has 90 valence electrons. The molecule has 0 aromatic heterocycles. The number of carbonyl (C=O) groups excluding carboxylic acids is 1. The van der Waals surface area contributed by atoms with E-state index in [4.69, 9.17) is 0 Å². The first kappa shape index (κ1) is 11.2. The van der Waals surface area contributed by atoms with Crippen LogP contribution < -0.4 is 0 Å². The molecule has 18 heavy (non-hydrogen) atoms. The zero-order chi connectivity index (χ0) is 12.5. The first-order chi connectivity index (χ1) is 8.83. The van der Waals surface area contributed by atoms with E-state index in [1.165, 1.54) is 22.3 Å². The van der Waals surface area contributed by atoms with Gasteiger partial charge in [0.25, 0.3) is 0 Å². The Balaban J connectivity index is 2.24. The number of benzene rings is 2. The molecular formula is C17H16O. The Morgan fingerprint density at radius 3 is 2.17 bits per heavy atom. The summed E-state index contributed by atoms with van der Waals surface area (Å²) in [6.45, 7) is 2.23. The van der Waals surface area contributed by atoms with Crippen LogP contribution >= 0.6 is 0 Å². The van der Waals surface area contributed by atoms with Gasteiger partial charge in [-0.2, -0.15) is 0 Å². The summed E-state index contributed by atoms with van der Waals surface area (Å²) >= 11 is 0. The Labute approximate surface area is 107 Å². The molecule has 0 heterocycles. The highest BCUT2D eigenvalue weighted by molar-refractivity contribution is 5.75. The zero-order valence-corrected chi connectivity index (χ0v) is 10.5. The van der Waals surface area contributed by atoms with Crippen molar-refractivity contribution >= 4 is 6.29 Å². The quantitative estimate of drug-likeness (QED) is 0.716. The van der Waals surface area contributed by atoms with Gasteiger partial charge >= 0.3 is 0 Å². The van der Waals surface area contributed by atoms with Crippen LogP contribution in [0.15, 0.2) is 48.5 Å². The highest BCUT2D eigenvalue weighted by atomic mass is 16.1. The second kappa shape index (κ2) is 4.41. The predicted octanol–water partition coefficient (Wildman–Crippen LogP) is 4.14. The standard InChI is InChI=1S/C17H16O/c1-12-13-6-2-3-7-15(13)17-9-5-4-8-16(17)14(12)10-11-18/h2-9,11-12,14H,10H2,1H3/t12-,14+/m0/s1. The van der Waals surface area contributed by atoms with Gasteiger partial charge in [-0.15, -0.1) is 0 Å². The third-order valence-electron chi connectivity index (χ3n) is 4.06. The van der Waals surface area contributed by atoms with Gasteiger partial charge in [0.1, 0.15) is 6.29 Å². The van der Waals surface area contributed by atoms with Crippen LogP contribution in [-0.4, -0.2) is 6.29 Å². The fraction of sp³-hybridized carbons (Fsp3) is 0.235. The first-order valence-electron chi connectivity index (χ1n) is 6.44. The molecule has 0 unspecified atom stereocenters. The molecule has 1 aliphatic carbocycles. The summed E-state index contributed by atoms with van der Waals surface area (Å²) in [6.07, 6.45) is 1.65. The Hall–Kier alpha value is -1.89. The van der Waals surface area contributed by atoms with Crippen molar-refractivity contribution in [2.45, 2.75) is 25.2 Å². The van der Waals surface area contributed by atoms with E-state index in [9.17, 15) is 4.79 Å². The second-order valence-corrected chi connectivity index (χ2v) is 4.97. The second-order valence-electron chi connectivity index (χ2n) is 4.97. The molecule has 0 fully saturated rings. The molecule has 0 N–H and O–H groups in total. The summed E-state index contributed by atoms with van der Waals surface area (Å²) in [6, 6.07) is 17.0. The van der Waals surface area contributed by atoms with E-state index in [1.807, 2.05) is 0 Å². The minimum absolute atomic E-state index is 0.314. The molecule has 2 atom stereocenters. The third-order valence-corrected chi connectivity index (χ3v) is 4.06. The maximum absolute atomic E-state index is 10.9. The van der Waals surface area contributed by atoms with Gasteiger partial charge in [0, 0.05) is 6.42 Å². The molecule has 0 bridgehead atoms. The van der Waals surface area contributed by atoms with Crippen molar-refractivity contribution in [3.63, 3.8) is 0 Å². The highest BCUT2D eigenvalue weighted by Gasteiger charge is 2.29. The molecule has 1 heteroatoms. The van der Waals surface area contributed by atoms with Crippen molar-refractivity contribution in [2.24, 2.45) is 0 Å². The molecular weight excluding hydrogens is 220 g/mol. The molecule has 2 aromatic carbocycles. The Morgan fingerprint density at radius 2 is 1.50 bits per heavy atom. The van der Waals surface area contributed by atoms with E-state index in [0.717, 1.165) is 6.29 Å². The number of hydrogen-bond acceptors (Lipinski definition) is 1. The van der Waals surface area contributed by atoms with Gasteiger partial charge in [-0.1, -0.05) is 55.5 Å². The lowest BCUT2D eigenvalue weighted by Crippen LogP contribution is -2.16. The summed E-state index contributed by atoms with van der Waals surface area (Å²) in [5.41, 5.74) is 5.29. The summed E-state index contributed by atoms with van der Waals surface area (Å²) in [4.78, 5) is 10.9. The fourth-order valence-electron chi connectivity index (χ4n) is 3.13. The number of aldehydes is 1. The van der Waals surface area contributed by atoms with E-state index in [2.05, 4.69) is 55.5 Å². The third kappa shape index (κ3) is 1.59. The lowest BCUT2D eigenvalue weighted by atomic mass is 9.71. The fourth-order valence-corrected chi connectivity index (χ4v) is 3.13. The Morgan fingerprint density at radius 1 is 0.944 bits per heavy atom. The van der Waals surface area contributed by atoms with Crippen LogP contribution in [0.4, 0.5) is 0 Å². The van der Waals surface area contributed by atoms with Crippen LogP contribution in [0.5, 0.6) is 0 Å². The lowest BCUT2D eigenvalue weighted by Gasteiger charge is -2.32. The topological polar surface area (TPSA) is 17.1 Å². The van der Waals surface area contributed by atoms with Crippen molar-refractivity contribution < 1.29 is 4.79 Å². The number of carbonyl (C=O) groups is 1. The molecule has 0 saturated carbocycles. The number of fused-ring (bicyclic) bond motifs is 3. The van der Waals surface area contributed by atoms with Crippen molar-refractivity contribution in [1.29, 1.82) is 0 Å². The molecule has 2 aromatic rings. The smallest absolute Gasteiger partial charge is 0.120 e. The minimum Gasteiger partial charge on any atom is -0.303 e. The van der Waals surface area contributed by atoms with Gasteiger partial charge in [0.05, 0.1) is 0 Å². The van der Waals surface area contributed by atoms with E-state index < -0.39 is 0 Å². The van der Waals surface area contributed by atoms with Gasteiger partial charge in [0.2, 0.25) is 0 Å². The van der Waals surface area contributed by atoms with Crippen molar-refractivity contribution in [2.75, 3.05) is 0 Å². The largest absolute Gasteiger partial charge is 0.303 e. The van der Waals surface area contributed by atoms with Crippen LogP contribution in [0.3, 0.4) is 0 Å². The first-order valence-corrected chi connectivity index (χ1v) is 6.44. The molecule has 0 saturated heterocycles. The van der Waals surface area contributed by atoms with Crippen molar-refractivity contribution in [1.82, 2.24) is 0 Å².